The lowest BCUT2D eigenvalue weighted by atomic mass is 9.95. The zero-order valence-electron chi connectivity index (χ0n) is 43.3. The molecular formula is C49H77N7O21S. The van der Waals surface area contributed by atoms with E-state index in [9.17, 15) is 74.7 Å². The number of thioether (sulfide) groups is 1. The van der Waals surface area contributed by atoms with E-state index in [1.165, 1.54) is 0 Å². The maximum absolute atomic E-state index is 12.8. The first kappa shape index (κ1) is 62.8. The van der Waals surface area contributed by atoms with Crippen molar-refractivity contribution in [1.82, 2.24) is 37.2 Å². The molecule has 9 unspecified atom stereocenters. The van der Waals surface area contributed by atoms with Crippen LogP contribution in [0.4, 0.5) is 4.79 Å². The first-order valence-electron chi connectivity index (χ1n) is 26.4. The molecule has 5 aliphatic rings. The number of aliphatic hydroxyl groups is 9. The Balaban J connectivity index is 0.836. The van der Waals surface area contributed by atoms with E-state index in [2.05, 4.69) is 37.2 Å². The number of aliphatic hydroxyl groups excluding tert-OH is 9. The number of rotatable bonds is 29. The molecule has 1 aromatic carbocycles. The van der Waals surface area contributed by atoms with Gasteiger partial charge in [-0.2, -0.15) is 11.8 Å². The van der Waals surface area contributed by atoms with Gasteiger partial charge in [0.15, 0.2) is 18.9 Å². The third kappa shape index (κ3) is 17.5. The minimum Gasteiger partial charge on any atom is -0.394 e. The highest BCUT2D eigenvalue weighted by atomic mass is 32.2. The van der Waals surface area contributed by atoms with Gasteiger partial charge in [0, 0.05) is 68.9 Å². The molecule has 5 heterocycles. The third-order valence-electron chi connectivity index (χ3n) is 14.0. The molecule has 0 bridgehead atoms. The van der Waals surface area contributed by atoms with Gasteiger partial charge in [-0.1, -0.05) is 18.6 Å². The van der Waals surface area contributed by atoms with Gasteiger partial charge >= 0.3 is 6.03 Å². The summed E-state index contributed by atoms with van der Waals surface area (Å²) < 4.78 is 34.1. The summed E-state index contributed by atoms with van der Waals surface area (Å²) in [6.07, 6.45) is -19.4. The van der Waals surface area contributed by atoms with Crippen molar-refractivity contribution in [2.45, 2.75) is 181 Å². The highest BCUT2D eigenvalue weighted by molar-refractivity contribution is 8.00. The van der Waals surface area contributed by atoms with Crippen LogP contribution in [-0.4, -0.2) is 243 Å². The Morgan fingerprint density at radius 3 is 1.94 bits per heavy atom. The zero-order chi connectivity index (χ0) is 56.5. The van der Waals surface area contributed by atoms with E-state index in [-0.39, 0.29) is 93.8 Å². The summed E-state index contributed by atoms with van der Waals surface area (Å²) in [5.74, 6) is -0.653. The smallest absolute Gasteiger partial charge is 0.315 e. The number of carbonyl (C=O) groups excluding carboxylic acids is 6. The molecule has 0 spiro atoms. The van der Waals surface area contributed by atoms with Crippen molar-refractivity contribution in [3.63, 3.8) is 0 Å². The minimum atomic E-state index is -1.98. The van der Waals surface area contributed by atoms with Gasteiger partial charge in [-0.05, 0) is 49.8 Å². The second kappa shape index (κ2) is 31.0. The van der Waals surface area contributed by atoms with Crippen LogP contribution in [-0.2, 0) is 54.1 Å². The second-order valence-electron chi connectivity index (χ2n) is 19.8. The second-order valence-corrected chi connectivity index (χ2v) is 21.1. The molecule has 6 rings (SSSR count). The van der Waals surface area contributed by atoms with Gasteiger partial charge in [0.2, 0.25) is 23.6 Å². The highest BCUT2D eigenvalue weighted by Crippen LogP contribution is 2.35. The number of carbonyl (C=O) groups is 6. The number of nitrogens with one attached hydrogen (secondary N) is 7. The van der Waals surface area contributed by atoms with Gasteiger partial charge in [0.25, 0.3) is 5.91 Å². The van der Waals surface area contributed by atoms with E-state index in [4.69, 9.17) is 28.4 Å². The van der Waals surface area contributed by atoms with Crippen LogP contribution in [0, 0.1) is 0 Å². The maximum atomic E-state index is 12.8. The largest absolute Gasteiger partial charge is 0.394 e. The van der Waals surface area contributed by atoms with Crippen LogP contribution in [0.25, 0.3) is 0 Å². The summed E-state index contributed by atoms with van der Waals surface area (Å²) in [6, 6.07) is 5.67. The molecule has 18 atom stereocenters. The molecule has 16 N–H and O–H groups in total. The Labute approximate surface area is 454 Å². The van der Waals surface area contributed by atoms with E-state index >= 15 is 0 Å². The molecule has 1 aromatic rings. The lowest BCUT2D eigenvalue weighted by molar-refractivity contribution is -0.376. The van der Waals surface area contributed by atoms with E-state index in [0.717, 1.165) is 31.9 Å². The van der Waals surface area contributed by atoms with Crippen LogP contribution in [0.2, 0.25) is 0 Å². The summed E-state index contributed by atoms with van der Waals surface area (Å²) in [5, 5.41) is 114. The van der Waals surface area contributed by atoms with Crippen LogP contribution < -0.4 is 37.2 Å². The first-order valence-corrected chi connectivity index (χ1v) is 27.4. The molecule has 0 aliphatic carbocycles. The number of ether oxygens (including phenoxy) is 6. The lowest BCUT2D eigenvalue weighted by Gasteiger charge is -2.48. The number of amides is 7. The average Bonchev–Trinajstić information content (AvgIpc) is 4.05. The Kier molecular flexibility index (Phi) is 24.9. The standard InChI is InChI=1S/C49H77N7O21S/c1-24(60)54-36-39(66)43(76-48-42(69)44(38(65)29(21-58)74-48)77-47-41(68)40(67)37(64)28(20-57)73-47)30(22-59)75-46(36)72-17-7-14-50-32(61)12-4-5-13-34(63)53-19-25-8-6-9-26(18-25)45(70)52-16-15-51-33(62)11-3-2-10-31-35-27(23-78-31)55-49(71)56-35/h6,8-9,18,27-31,35-44,46-48,57-59,64-69H,2-5,7,10-17,19-23H2,1H3,(H,50,61)(H,51,62)(H,52,70)(H,53,63)(H,54,60)(H2,55,56,71)/t27-,28?,29?,30?,31-,35-,36?,37-,38-,39?,40?,41?,42?,43+,44?,46+,47+,48-/m0/s1. The summed E-state index contributed by atoms with van der Waals surface area (Å²) in [6.45, 7) is -0.500. The van der Waals surface area contributed by atoms with Gasteiger partial charge in [-0.3, -0.25) is 24.0 Å². The van der Waals surface area contributed by atoms with E-state index in [1.807, 2.05) is 11.8 Å². The number of fused-ring (bicyclic) bond motifs is 1. The summed E-state index contributed by atoms with van der Waals surface area (Å²) in [4.78, 5) is 74.1. The summed E-state index contributed by atoms with van der Waals surface area (Å²) in [5.41, 5.74) is 1.11. The van der Waals surface area contributed by atoms with Gasteiger partial charge in [0.1, 0.15) is 73.2 Å². The Morgan fingerprint density at radius 1 is 0.654 bits per heavy atom. The van der Waals surface area contributed by atoms with Crippen LogP contribution in [0.3, 0.4) is 0 Å². The average molecular weight is 1130 g/mol. The molecule has 7 amide bonds. The van der Waals surface area contributed by atoms with Gasteiger partial charge in [0.05, 0.1) is 38.5 Å². The van der Waals surface area contributed by atoms with Crippen molar-refractivity contribution < 1.29 is 103 Å². The fourth-order valence-electron chi connectivity index (χ4n) is 9.69. The zero-order valence-corrected chi connectivity index (χ0v) is 44.1. The van der Waals surface area contributed by atoms with E-state index in [1.54, 1.807) is 24.3 Å². The van der Waals surface area contributed by atoms with Gasteiger partial charge in [-0.15, -0.1) is 0 Å². The molecule has 0 saturated carbocycles. The molecule has 5 saturated heterocycles. The predicted molar refractivity (Wildman–Crippen MR) is 270 cm³/mol. The molecule has 0 aromatic heterocycles. The Bertz CT molecular complexity index is 2120. The topological polar surface area (TPSA) is 424 Å². The molecule has 5 aliphatic heterocycles. The Morgan fingerprint density at radius 2 is 1.26 bits per heavy atom. The monoisotopic (exact) mass is 1130 g/mol. The van der Waals surface area contributed by atoms with Gasteiger partial charge < -0.3 is 112 Å². The van der Waals surface area contributed by atoms with Gasteiger partial charge in [-0.25, -0.2) is 4.79 Å². The third-order valence-corrected chi connectivity index (χ3v) is 15.5. The van der Waals surface area contributed by atoms with Crippen LogP contribution >= 0.6 is 11.8 Å². The van der Waals surface area contributed by atoms with Crippen LogP contribution in [0.5, 0.6) is 0 Å². The lowest BCUT2D eigenvalue weighted by Crippen LogP contribution is -2.68. The molecule has 29 heteroatoms. The number of hydrogen-bond acceptors (Lipinski definition) is 22. The molecule has 440 valence electrons. The molecule has 28 nitrogen and oxygen atoms in total. The van der Waals surface area contributed by atoms with Crippen molar-refractivity contribution in [2.24, 2.45) is 0 Å². The maximum Gasteiger partial charge on any atom is 0.315 e. The quantitative estimate of drug-likeness (QED) is 0.0263. The number of benzene rings is 1. The van der Waals surface area contributed by atoms with Crippen molar-refractivity contribution in [3.8, 4) is 0 Å². The summed E-state index contributed by atoms with van der Waals surface area (Å²) >= 11 is 1.84. The normalized spacial score (nSPS) is 33.5. The van der Waals surface area contributed by atoms with E-state index in [0.29, 0.717) is 35.6 Å². The van der Waals surface area contributed by atoms with Crippen LogP contribution in [0.15, 0.2) is 24.3 Å². The van der Waals surface area contributed by atoms with Crippen molar-refractivity contribution >= 4 is 47.3 Å². The first-order chi connectivity index (χ1) is 37.4. The molecule has 0 radical (unpaired) electrons. The van der Waals surface area contributed by atoms with Crippen molar-refractivity contribution in [1.29, 1.82) is 0 Å². The summed E-state index contributed by atoms with van der Waals surface area (Å²) in [7, 11) is 0. The predicted octanol–water partition coefficient (Wildman–Crippen LogP) is -5.45. The Hall–Kier alpha value is -4.41. The fraction of sp³-hybridized carbons (Fsp3) is 0.755. The molecule has 5 fully saturated rings. The number of hydrogen-bond donors (Lipinski definition) is 16. The highest BCUT2D eigenvalue weighted by Gasteiger charge is 2.54. The number of urea groups is 1. The molecular weight excluding hydrogens is 1050 g/mol. The van der Waals surface area contributed by atoms with Crippen molar-refractivity contribution in [2.75, 3.05) is 51.8 Å². The number of unbranched alkanes of at least 4 members (excludes halogenated alkanes) is 2. The molecule has 78 heavy (non-hydrogen) atoms. The SMILES string of the molecule is CC(=O)NC1C(O)[C@H](O[C@@H]2OC(CO)[C@H](O)C(O[C@H]3OC(CO)[C@H](O)C(O)C3O)C2O)C(CO)O[C@H]1OCCCNC(=O)CCCCC(=O)NCc1cccc(C(=O)NCCNC(=O)CCCC[C@@H]2SC[C@@H]3NC(=O)N[C@@H]32)c1. The minimum absolute atomic E-state index is 0.0618. The van der Waals surface area contributed by atoms with Crippen LogP contribution in [0.1, 0.15) is 80.6 Å². The fourth-order valence-corrected chi connectivity index (χ4v) is 11.2. The van der Waals surface area contributed by atoms with Crippen molar-refractivity contribution in [3.05, 3.63) is 35.4 Å². The van der Waals surface area contributed by atoms with E-state index < -0.39 is 118 Å².